The monoisotopic (exact) mass is 655 g/mol. The molecule has 12 bridgehead atoms. The predicted octanol–water partition coefficient (Wildman–Crippen LogP) is 9.83. The SMILES string of the molecule is O=C(N(C1CCCCC1)C12CC3CC(CC(C3)C1)C2)C12CC3CC(C1)CC(C(=O)N(C1CCCCC1)C14CC5CC(CC(C5)C1)C4)(C3)C2. The van der Waals surface area contributed by atoms with Crippen LogP contribution in [0.5, 0.6) is 0 Å². The average Bonchev–Trinajstić information content (AvgIpc) is 3.04. The van der Waals surface area contributed by atoms with Crippen LogP contribution in [0.4, 0.5) is 0 Å². The van der Waals surface area contributed by atoms with Crippen LogP contribution in [0.15, 0.2) is 0 Å². The fourth-order valence-electron chi connectivity index (χ4n) is 18.2. The van der Waals surface area contributed by atoms with Crippen molar-refractivity contribution in [2.24, 2.45) is 58.2 Å². The maximum atomic E-state index is 16.0. The molecule has 0 aromatic carbocycles. The largest absolute Gasteiger partial charge is 0.334 e. The molecule has 0 saturated heterocycles. The second-order valence-corrected chi connectivity index (χ2v) is 21.7. The van der Waals surface area contributed by atoms with E-state index in [1.165, 1.54) is 148 Å². The van der Waals surface area contributed by atoms with Crippen LogP contribution in [0.3, 0.4) is 0 Å². The van der Waals surface area contributed by atoms with Gasteiger partial charge in [0.2, 0.25) is 11.8 Å². The highest BCUT2D eigenvalue weighted by Crippen LogP contribution is 2.69. The molecule has 0 aliphatic heterocycles. The molecule has 14 aliphatic carbocycles. The minimum atomic E-state index is -0.264. The lowest BCUT2D eigenvalue weighted by Crippen LogP contribution is -2.71. The normalized spacial score (nSPS) is 51.8. The second kappa shape index (κ2) is 10.7. The molecule has 0 N–H and O–H groups in total. The number of hydrogen-bond donors (Lipinski definition) is 0. The van der Waals surface area contributed by atoms with E-state index in [4.69, 9.17) is 0 Å². The molecule has 48 heavy (non-hydrogen) atoms. The molecule has 14 rings (SSSR count). The van der Waals surface area contributed by atoms with Crippen molar-refractivity contribution in [1.29, 1.82) is 0 Å². The van der Waals surface area contributed by atoms with Gasteiger partial charge < -0.3 is 9.80 Å². The number of amides is 2. The lowest BCUT2D eigenvalue weighted by molar-refractivity contribution is -0.201. The van der Waals surface area contributed by atoms with Crippen LogP contribution in [0.1, 0.15) is 180 Å². The van der Waals surface area contributed by atoms with E-state index in [-0.39, 0.29) is 21.9 Å². The van der Waals surface area contributed by atoms with Crippen molar-refractivity contribution < 1.29 is 9.59 Å². The number of rotatable bonds is 6. The molecule has 0 spiro atoms. The van der Waals surface area contributed by atoms with Crippen molar-refractivity contribution in [2.45, 2.75) is 203 Å². The van der Waals surface area contributed by atoms with Crippen molar-refractivity contribution in [3.8, 4) is 0 Å². The number of hydrogen-bond acceptors (Lipinski definition) is 2. The van der Waals surface area contributed by atoms with Crippen LogP contribution in [0.25, 0.3) is 0 Å². The number of nitrogens with zero attached hydrogens (tertiary/aromatic N) is 2. The van der Waals surface area contributed by atoms with Crippen molar-refractivity contribution in [3.05, 3.63) is 0 Å². The van der Waals surface area contributed by atoms with Crippen molar-refractivity contribution in [1.82, 2.24) is 9.80 Å². The topological polar surface area (TPSA) is 40.6 Å². The van der Waals surface area contributed by atoms with Gasteiger partial charge in [-0.3, -0.25) is 9.59 Å². The van der Waals surface area contributed by atoms with E-state index in [9.17, 15) is 0 Å². The van der Waals surface area contributed by atoms with Crippen LogP contribution in [0.2, 0.25) is 0 Å². The first kappa shape index (κ1) is 30.6. The van der Waals surface area contributed by atoms with E-state index in [0.717, 1.165) is 67.6 Å². The highest BCUT2D eigenvalue weighted by Gasteiger charge is 2.68. The van der Waals surface area contributed by atoms with E-state index in [1.807, 2.05) is 0 Å². The Bertz CT molecular complexity index is 1140. The molecule has 14 aliphatic rings. The van der Waals surface area contributed by atoms with Gasteiger partial charge in [0.25, 0.3) is 0 Å². The van der Waals surface area contributed by atoms with Gasteiger partial charge in [0.1, 0.15) is 0 Å². The average molecular weight is 655 g/mol. The van der Waals surface area contributed by atoms with Crippen molar-refractivity contribution >= 4 is 11.8 Å². The number of carbonyl (C=O) groups excluding carboxylic acids is 2. The molecule has 4 nitrogen and oxygen atoms in total. The summed E-state index contributed by atoms with van der Waals surface area (Å²) < 4.78 is 0. The van der Waals surface area contributed by atoms with E-state index in [1.54, 1.807) is 0 Å². The summed E-state index contributed by atoms with van der Waals surface area (Å²) in [6.45, 7) is 0. The first-order valence-corrected chi connectivity index (χ1v) is 22.0. The summed E-state index contributed by atoms with van der Waals surface area (Å²) in [5.41, 5.74) is -0.246. The second-order valence-electron chi connectivity index (χ2n) is 21.7. The summed E-state index contributed by atoms with van der Waals surface area (Å²) >= 11 is 0. The summed E-state index contributed by atoms with van der Waals surface area (Å²) in [4.78, 5) is 37.4. The van der Waals surface area contributed by atoms with Gasteiger partial charge >= 0.3 is 0 Å². The minimum absolute atomic E-state index is 0.141. The van der Waals surface area contributed by atoms with Crippen molar-refractivity contribution in [2.75, 3.05) is 0 Å². The standard InChI is InChI=1S/C44H66N2O2/c47-39(45(37-7-3-1-4-8-37)43-22-29-11-30(23-43)13-31(12-29)24-43)41-18-35-17-36(19-41)21-42(20-35,28-41)40(48)46(38-9-5-2-6-10-38)44-25-32-14-33(26-44)16-34(15-32)27-44/h29-38H,1-28H2. The molecule has 2 amide bonds. The third-order valence-corrected chi connectivity index (χ3v) is 18.3. The Kier molecular flexibility index (Phi) is 6.84. The quantitative estimate of drug-likeness (QED) is 0.286. The maximum absolute atomic E-state index is 16.0. The molecular weight excluding hydrogens is 588 g/mol. The van der Waals surface area contributed by atoms with E-state index in [0.29, 0.717) is 35.7 Å². The van der Waals surface area contributed by atoms with Gasteiger partial charge in [-0.25, -0.2) is 0 Å². The molecule has 0 heterocycles. The predicted molar refractivity (Wildman–Crippen MR) is 189 cm³/mol. The van der Waals surface area contributed by atoms with Crippen LogP contribution >= 0.6 is 0 Å². The van der Waals surface area contributed by atoms with Crippen LogP contribution in [0, 0.1) is 58.2 Å². The fourth-order valence-corrected chi connectivity index (χ4v) is 18.2. The summed E-state index contributed by atoms with van der Waals surface area (Å²) in [7, 11) is 0. The summed E-state index contributed by atoms with van der Waals surface area (Å²) in [6.07, 6.45) is 36.0. The van der Waals surface area contributed by atoms with Crippen LogP contribution < -0.4 is 0 Å². The van der Waals surface area contributed by atoms with Gasteiger partial charge in [0.15, 0.2) is 0 Å². The van der Waals surface area contributed by atoms with Gasteiger partial charge in [-0.1, -0.05) is 38.5 Å². The molecule has 0 unspecified atom stereocenters. The Labute approximate surface area is 291 Å². The Balaban J connectivity index is 0.966. The zero-order chi connectivity index (χ0) is 31.9. The minimum Gasteiger partial charge on any atom is -0.334 e. The van der Waals surface area contributed by atoms with Gasteiger partial charge in [0.05, 0.1) is 10.8 Å². The summed E-state index contributed by atoms with van der Waals surface area (Å²) in [6, 6.07) is 0.931. The maximum Gasteiger partial charge on any atom is 0.229 e. The highest BCUT2D eigenvalue weighted by molar-refractivity contribution is 5.89. The fraction of sp³-hybridized carbons (Fsp3) is 0.955. The van der Waals surface area contributed by atoms with Gasteiger partial charge in [-0.05, 0) is 189 Å². The Hall–Kier alpha value is -1.06. The third-order valence-electron chi connectivity index (χ3n) is 18.3. The Morgan fingerprint density at radius 2 is 0.667 bits per heavy atom. The third kappa shape index (κ3) is 4.49. The molecule has 0 aromatic rings. The lowest BCUT2D eigenvalue weighted by Gasteiger charge is -2.67. The lowest BCUT2D eigenvalue weighted by atomic mass is 9.42. The zero-order valence-electron chi connectivity index (χ0n) is 30.3. The first-order chi connectivity index (χ1) is 23.3. The zero-order valence-corrected chi connectivity index (χ0v) is 30.3. The smallest absolute Gasteiger partial charge is 0.229 e. The molecule has 0 radical (unpaired) electrons. The Morgan fingerprint density at radius 1 is 0.375 bits per heavy atom. The highest BCUT2D eigenvalue weighted by atomic mass is 16.2. The van der Waals surface area contributed by atoms with E-state index in [2.05, 4.69) is 9.80 Å². The molecule has 14 saturated carbocycles. The number of carbonyl (C=O) groups is 2. The van der Waals surface area contributed by atoms with Crippen LogP contribution in [-0.2, 0) is 9.59 Å². The van der Waals surface area contributed by atoms with Gasteiger partial charge in [-0.15, -0.1) is 0 Å². The molecule has 14 fully saturated rings. The molecule has 0 aromatic heterocycles. The van der Waals surface area contributed by atoms with E-state index < -0.39 is 0 Å². The molecule has 0 atom stereocenters. The van der Waals surface area contributed by atoms with Crippen LogP contribution in [-0.4, -0.2) is 44.8 Å². The summed E-state index contributed by atoms with van der Waals surface area (Å²) in [5.74, 6) is 7.57. The Morgan fingerprint density at radius 3 is 0.979 bits per heavy atom. The van der Waals surface area contributed by atoms with E-state index >= 15 is 9.59 Å². The molecular formula is C44H66N2O2. The molecule has 264 valence electrons. The van der Waals surface area contributed by atoms with Gasteiger partial charge in [0, 0.05) is 23.2 Å². The summed E-state index contributed by atoms with van der Waals surface area (Å²) in [5, 5.41) is 0. The van der Waals surface area contributed by atoms with Crippen molar-refractivity contribution in [3.63, 3.8) is 0 Å². The first-order valence-electron chi connectivity index (χ1n) is 22.0. The van der Waals surface area contributed by atoms with Gasteiger partial charge in [-0.2, -0.15) is 0 Å². The molecule has 4 heteroatoms.